The molecule has 0 saturated carbocycles. The van der Waals surface area contributed by atoms with Crippen LogP contribution in [0.1, 0.15) is 13.8 Å². The van der Waals surface area contributed by atoms with E-state index in [0.29, 0.717) is 0 Å². The average Bonchev–Trinajstić information content (AvgIpc) is 2.15. The smallest absolute Gasteiger partial charge is 0.107 e. The summed E-state index contributed by atoms with van der Waals surface area (Å²) in [7, 11) is -1.03. The maximum atomic E-state index is 3.91. The third-order valence-corrected chi connectivity index (χ3v) is 4.64. The second-order valence-electron chi connectivity index (χ2n) is 3.42. The van der Waals surface area contributed by atoms with Gasteiger partial charge in [-0.05, 0) is 13.8 Å². The number of hydrogen-bond acceptors (Lipinski definition) is 0. The minimum absolute atomic E-state index is 1.03. The van der Waals surface area contributed by atoms with Gasteiger partial charge in [0.1, 0.15) is 8.80 Å². The molecule has 0 aliphatic heterocycles. The fraction of sp³-hybridized carbons (Fsp3) is 0.167. The van der Waals surface area contributed by atoms with E-state index in [-0.39, 0.29) is 0 Å². The zero-order valence-electron chi connectivity index (χ0n) is 8.33. The monoisotopic (exact) mass is 188 g/mol. The van der Waals surface area contributed by atoms with Crippen molar-refractivity contribution < 1.29 is 0 Å². The molecule has 1 rings (SSSR count). The Kier molecular flexibility index (Phi) is 3.71. The molecule has 0 saturated heterocycles. The van der Waals surface area contributed by atoms with E-state index < -0.39 is 8.80 Å². The van der Waals surface area contributed by atoms with E-state index in [1.807, 2.05) is 0 Å². The Morgan fingerprint density at radius 1 is 1.23 bits per heavy atom. The minimum Gasteiger partial charge on any atom is -0.107 e. The summed E-state index contributed by atoms with van der Waals surface area (Å²) in [6.07, 6.45) is 0. The van der Waals surface area contributed by atoms with Crippen molar-refractivity contribution in [2.24, 2.45) is 0 Å². The fourth-order valence-electron chi connectivity index (χ4n) is 1.33. The second kappa shape index (κ2) is 4.82. The molecule has 0 nitrogen and oxygen atoms in total. The Morgan fingerprint density at radius 3 is 2.31 bits per heavy atom. The van der Waals surface area contributed by atoms with Gasteiger partial charge in [-0.25, -0.2) is 0 Å². The Labute approximate surface area is 82.2 Å². The van der Waals surface area contributed by atoms with E-state index in [0.717, 1.165) is 0 Å². The van der Waals surface area contributed by atoms with E-state index in [1.54, 1.807) is 0 Å². The highest BCUT2D eigenvalue weighted by molar-refractivity contribution is 6.82. The van der Waals surface area contributed by atoms with Crippen molar-refractivity contribution in [3.8, 4) is 0 Å². The average molecular weight is 188 g/mol. The fourth-order valence-corrected chi connectivity index (χ4v) is 3.32. The van der Waals surface area contributed by atoms with E-state index in [2.05, 4.69) is 62.2 Å². The van der Waals surface area contributed by atoms with Crippen LogP contribution in [0, 0.1) is 0 Å². The van der Waals surface area contributed by atoms with Gasteiger partial charge in [0, 0.05) is 0 Å². The molecule has 0 N–H and O–H groups in total. The van der Waals surface area contributed by atoms with Crippen LogP contribution in [0.3, 0.4) is 0 Å². The van der Waals surface area contributed by atoms with Gasteiger partial charge in [0.15, 0.2) is 0 Å². The van der Waals surface area contributed by atoms with Crippen molar-refractivity contribution >= 4 is 14.0 Å². The lowest BCUT2D eigenvalue weighted by Crippen LogP contribution is -2.25. The number of rotatable bonds is 3. The van der Waals surface area contributed by atoms with E-state index in [1.165, 1.54) is 10.8 Å². The Hall–Kier alpha value is -1.08. The first-order valence-electron chi connectivity index (χ1n) is 4.56. The molecule has 68 valence electrons. The van der Waals surface area contributed by atoms with Crippen LogP contribution in [-0.2, 0) is 0 Å². The van der Waals surface area contributed by atoms with Crippen molar-refractivity contribution in [1.82, 2.24) is 0 Å². The molecule has 0 bridgehead atoms. The minimum atomic E-state index is -1.03. The summed E-state index contributed by atoms with van der Waals surface area (Å²) < 4.78 is 0. The first-order valence-corrected chi connectivity index (χ1v) is 6.47. The molecular formula is C12H16Si. The molecule has 0 aliphatic carbocycles. The molecule has 13 heavy (non-hydrogen) atoms. The van der Waals surface area contributed by atoms with Gasteiger partial charge >= 0.3 is 0 Å². The molecule has 0 aromatic heterocycles. The molecular weight excluding hydrogens is 172 g/mol. The maximum Gasteiger partial charge on any atom is 0.117 e. The van der Waals surface area contributed by atoms with Crippen molar-refractivity contribution in [3.05, 3.63) is 53.9 Å². The SMILES string of the molecule is C=C[SiH](C=C(C)C)c1ccccc1. The van der Waals surface area contributed by atoms with E-state index in [4.69, 9.17) is 0 Å². The molecule has 1 aromatic carbocycles. The van der Waals surface area contributed by atoms with Crippen molar-refractivity contribution in [1.29, 1.82) is 0 Å². The lowest BCUT2D eigenvalue weighted by molar-refractivity contribution is 1.41. The van der Waals surface area contributed by atoms with E-state index >= 15 is 0 Å². The van der Waals surface area contributed by atoms with Crippen LogP contribution >= 0.6 is 0 Å². The molecule has 0 fully saturated rings. The van der Waals surface area contributed by atoms with Crippen molar-refractivity contribution in [3.63, 3.8) is 0 Å². The molecule has 0 spiro atoms. The second-order valence-corrected chi connectivity index (χ2v) is 5.94. The summed E-state index contributed by atoms with van der Waals surface area (Å²) in [5.41, 5.74) is 5.87. The molecule has 0 heterocycles. The maximum absolute atomic E-state index is 3.91. The molecule has 1 heteroatoms. The van der Waals surface area contributed by atoms with Gasteiger partial charge in [-0.3, -0.25) is 0 Å². The van der Waals surface area contributed by atoms with Gasteiger partial charge in [-0.15, -0.1) is 6.58 Å². The Balaban J connectivity index is 2.92. The zero-order valence-corrected chi connectivity index (χ0v) is 9.48. The van der Waals surface area contributed by atoms with Gasteiger partial charge in [0.2, 0.25) is 0 Å². The predicted molar refractivity (Wildman–Crippen MR) is 62.9 cm³/mol. The summed E-state index contributed by atoms with van der Waals surface area (Å²) in [5.74, 6) is 0. The third-order valence-electron chi connectivity index (χ3n) is 1.95. The Bertz CT molecular complexity index is 294. The standard InChI is InChI=1S/C12H16Si/c1-4-13(10-11(2)3)12-8-6-5-7-9-12/h4-10,13H,1H2,2-3H3. The third kappa shape index (κ3) is 3.03. The van der Waals surface area contributed by atoms with Crippen LogP contribution < -0.4 is 5.19 Å². The quantitative estimate of drug-likeness (QED) is 0.639. The first kappa shape index (κ1) is 10.0. The van der Waals surface area contributed by atoms with Gasteiger partial charge in [-0.1, -0.05) is 52.5 Å². The van der Waals surface area contributed by atoms with Crippen molar-refractivity contribution in [2.45, 2.75) is 13.8 Å². The van der Waals surface area contributed by atoms with Crippen LogP contribution in [-0.4, -0.2) is 8.80 Å². The number of allylic oxidation sites excluding steroid dienone is 1. The molecule has 0 amide bonds. The van der Waals surface area contributed by atoms with Gasteiger partial charge in [0.25, 0.3) is 0 Å². The van der Waals surface area contributed by atoms with Gasteiger partial charge < -0.3 is 0 Å². The highest BCUT2D eigenvalue weighted by Gasteiger charge is 2.04. The number of hydrogen-bond donors (Lipinski definition) is 0. The van der Waals surface area contributed by atoms with Crippen LogP contribution in [0.15, 0.2) is 53.9 Å². The summed E-state index contributed by atoms with van der Waals surface area (Å²) in [4.78, 5) is 0. The van der Waals surface area contributed by atoms with Gasteiger partial charge in [-0.2, -0.15) is 0 Å². The van der Waals surface area contributed by atoms with Crippen LogP contribution in [0.4, 0.5) is 0 Å². The molecule has 0 radical (unpaired) electrons. The summed E-state index contributed by atoms with van der Waals surface area (Å²) in [6.45, 7) is 8.20. The van der Waals surface area contributed by atoms with Crippen molar-refractivity contribution in [2.75, 3.05) is 0 Å². The van der Waals surface area contributed by atoms with Gasteiger partial charge in [0.05, 0.1) is 0 Å². The molecule has 1 unspecified atom stereocenters. The summed E-state index contributed by atoms with van der Waals surface area (Å²) >= 11 is 0. The lowest BCUT2D eigenvalue weighted by atomic mass is 10.4. The van der Waals surface area contributed by atoms with Crippen LogP contribution in [0.5, 0.6) is 0 Å². The van der Waals surface area contributed by atoms with Crippen LogP contribution in [0.2, 0.25) is 0 Å². The Morgan fingerprint density at radius 2 is 1.85 bits per heavy atom. The highest BCUT2D eigenvalue weighted by Crippen LogP contribution is 1.96. The molecule has 1 aromatic rings. The highest BCUT2D eigenvalue weighted by atomic mass is 28.3. The van der Waals surface area contributed by atoms with Crippen LogP contribution in [0.25, 0.3) is 0 Å². The summed E-state index contributed by atoms with van der Waals surface area (Å²) in [5, 5.41) is 1.44. The topological polar surface area (TPSA) is 0 Å². The lowest BCUT2D eigenvalue weighted by Gasteiger charge is -2.06. The first-order chi connectivity index (χ1) is 6.24. The molecule has 0 aliphatic rings. The summed E-state index contributed by atoms with van der Waals surface area (Å²) in [6, 6.07) is 10.6. The normalized spacial score (nSPS) is 11.8. The predicted octanol–water partition coefficient (Wildman–Crippen LogP) is 2.35. The number of benzene rings is 1. The largest absolute Gasteiger partial charge is 0.117 e. The van der Waals surface area contributed by atoms with E-state index in [9.17, 15) is 0 Å². The molecule has 1 atom stereocenters. The zero-order chi connectivity index (χ0) is 9.68.